The molecule has 0 bridgehead atoms. The summed E-state index contributed by atoms with van der Waals surface area (Å²) in [4.78, 5) is 36.6. The number of aryl methyl sites for hydroxylation is 2. The first-order chi connectivity index (χ1) is 14.3. The standard InChI is InChI=1S/C22H19ClN2O5/c1-13-5-7-15(10-17(13)25-21(27)19-4-3-9-29-19)22(28)30-12-20(26)24-18-11-16(23)8-6-14(18)2/h3-11H,12H2,1-2H3,(H,24,26)(H,25,27). The molecule has 2 aromatic carbocycles. The maximum Gasteiger partial charge on any atom is 0.338 e. The summed E-state index contributed by atoms with van der Waals surface area (Å²) in [6.45, 7) is 3.14. The summed E-state index contributed by atoms with van der Waals surface area (Å²) in [6.07, 6.45) is 1.39. The zero-order chi connectivity index (χ0) is 21.7. The van der Waals surface area contributed by atoms with E-state index in [1.54, 1.807) is 43.3 Å². The molecule has 0 spiro atoms. The van der Waals surface area contributed by atoms with E-state index in [1.807, 2.05) is 6.92 Å². The van der Waals surface area contributed by atoms with Crippen LogP contribution in [0.5, 0.6) is 0 Å². The van der Waals surface area contributed by atoms with Crippen LogP contribution >= 0.6 is 11.6 Å². The van der Waals surface area contributed by atoms with Crippen LogP contribution in [0, 0.1) is 13.8 Å². The van der Waals surface area contributed by atoms with Crippen molar-refractivity contribution in [3.05, 3.63) is 82.3 Å². The number of anilines is 2. The predicted molar refractivity (Wildman–Crippen MR) is 113 cm³/mol. The number of rotatable bonds is 6. The van der Waals surface area contributed by atoms with Gasteiger partial charge in [0.05, 0.1) is 11.8 Å². The Labute approximate surface area is 178 Å². The molecule has 0 saturated carbocycles. The number of ether oxygens (including phenoxy) is 1. The molecular weight excluding hydrogens is 408 g/mol. The summed E-state index contributed by atoms with van der Waals surface area (Å²) < 4.78 is 10.1. The third kappa shape index (κ3) is 5.27. The number of benzene rings is 2. The van der Waals surface area contributed by atoms with Gasteiger partial charge in [-0.05, 0) is 61.4 Å². The number of hydrogen-bond acceptors (Lipinski definition) is 5. The average molecular weight is 427 g/mol. The summed E-state index contributed by atoms with van der Waals surface area (Å²) in [5.41, 5.74) is 2.75. The largest absolute Gasteiger partial charge is 0.459 e. The highest BCUT2D eigenvalue weighted by Gasteiger charge is 2.15. The summed E-state index contributed by atoms with van der Waals surface area (Å²) >= 11 is 5.93. The van der Waals surface area contributed by atoms with E-state index in [9.17, 15) is 14.4 Å². The van der Waals surface area contributed by atoms with Gasteiger partial charge < -0.3 is 19.8 Å². The molecule has 154 valence electrons. The molecule has 0 aliphatic heterocycles. The minimum atomic E-state index is -0.693. The van der Waals surface area contributed by atoms with E-state index >= 15 is 0 Å². The lowest BCUT2D eigenvalue weighted by molar-refractivity contribution is -0.119. The van der Waals surface area contributed by atoms with Crippen molar-refractivity contribution in [1.82, 2.24) is 0 Å². The highest BCUT2D eigenvalue weighted by Crippen LogP contribution is 2.21. The predicted octanol–water partition coefficient (Wildman–Crippen LogP) is 4.60. The number of halogens is 1. The lowest BCUT2D eigenvalue weighted by Crippen LogP contribution is -2.21. The van der Waals surface area contributed by atoms with Crippen LogP contribution in [0.4, 0.5) is 11.4 Å². The Morgan fingerprint density at radius 2 is 1.67 bits per heavy atom. The Morgan fingerprint density at radius 1 is 0.967 bits per heavy atom. The Hall–Kier alpha value is -3.58. The van der Waals surface area contributed by atoms with Crippen LogP contribution < -0.4 is 10.6 Å². The highest BCUT2D eigenvalue weighted by molar-refractivity contribution is 6.31. The Bertz CT molecular complexity index is 1090. The van der Waals surface area contributed by atoms with E-state index in [0.717, 1.165) is 11.1 Å². The fourth-order valence-electron chi connectivity index (χ4n) is 2.60. The second kappa shape index (κ2) is 9.28. The van der Waals surface area contributed by atoms with Crippen LogP contribution in [0.2, 0.25) is 5.02 Å². The van der Waals surface area contributed by atoms with Crippen LogP contribution in [-0.2, 0) is 9.53 Å². The molecule has 0 fully saturated rings. The van der Waals surface area contributed by atoms with Gasteiger partial charge in [0.15, 0.2) is 12.4 Å². The molecule has 0 saturated heterocycles. The molecule has 2 amide bonds. The number of carbonyl (C=O) groups excluding carboxylic acids is 3. The summed E-state index contributed by atoms with van der Waals surface area (Å²) in [5, 5.41) is 5.82. The molecular formula is C22H19ClN2O5. The van der Waals surface area contributed by atoms with Crippen LogP contribution in [0.15, 0.2) is 59.2 Å². The van der Waals surface area contributed by atoms with Gasteiger partial charge in [0.1, 0.15) is 0 Å². The van der Waals surface area contributed by atoms with Gasteiger partial charge in [-0.2, -0.15) is 0 Å². The van der Waals surface area contributed by atoms with Crippen LogP contribution in [0.3, 0.4) is 0 Å². The average Bonchev–Trinajstić information content (AvgIpc) is 3.25. The van der Waals surface area contributed by atoms with Gasteiger partial charge in [-0.15, -0.1) is 0 Å². The molecule has 3 rings (SSSR count). The van der Waals surface area contributed by atoms with Crippen LogP contribution in [0.1, 0.15) is 32.0 Å². The van der Waals surface area contributed by atoms with Crippen molar-refractivity contribution in [2.45, 2.75) is 13.8 Å². The summed E-state index contributed by atoms with van der Waals surface area (Å²) in [5.74, 6) is -1.48. The topological polar surface area (TPSA) is 97.6 Å². The fraction of sp³-hybridized carbons (Fsp3) is 0.136. The number of esters is 1. The number of nitrogens with one attached hydrogen (secondary N) is 2. The lowest BCUT2D eigenvalue weighted by Gasteiger charge is -2.11. The van der Waals surface area contributed by atoms with E-state index in [-0.39, 0.29) is 11.3 Å². The van der Waals surface area contributed by atoms with Crippen molar-refractivity contribution < 1.29 is 23.5 Å². The number of hydrogen-bond donors (Lipinski definition) is 2. The van der Waals surface area contributed by atoms with E-state index in [0.29, 0.717) is 16.4 Å². The second-order valence-corrected chi connectivity index (χ2v) is 6.98. The van der Waals surface area contributed by atoms with Crippen molar-refractivity contribution >= 4 is 40.8 Å². The fourth-order valence-corrected chi connectivity index (χ4v) is 2.78. The zero-order valence-corrected chi connectivity index (χ0v) is 17.1. The Balaban J connectivity index is 1.62. The summed E-state index contributed by atoms with van der Waals surface area (Å²) in [7, 11) is 0. The quantitative estimate of drug-likeness (QED) is 0.561. The van der Waals surface area contributed by atoms with E-state index in [4.69, 9.17) is 20.8 Å². The van der Waals surface area contributed by atoms with E-state index < -0.39 is 24.4 Å². The minimum absolute atomic E-state index is 0.148. The zero-order valence-electron chi connectivity index (χ0n) is 16.3. The molecule has 8 heteroatoms. The van der Waals surface area contributed by atoms with Gasteiger partial charge in [0.25, 0.3) is 11.8 Å². The van der Waals surface area contributed by atoms with Crippen molar-refractivity contribution in [3.8, 4) is 0 Å². The van der Waals surface area contributed by atoms with Gasteiger partial charge in [-0.3, -0.25) is 9.59 Å². The van der Waals surface area contributed by atoms with Crippen molar-refractivity contribution in [3.63, 3.8) is 0 Å². The van der Waals surface area contributed by atoms with Gasteiger partial charge in [0, 0.05) is 16.4 Å². The normalized spacial score (nSPS) is 10.4. The van der Waals surface area contributed by atoms with Crippen molar-refractivity contribution in [2.75, 3.05) is 17.2 Å². The van der Waals surface area contributed by atoms with Crippen molar-refractivity contribution in [2.24, 2.45) is 0 Å². The molecule has 0 aliphatic rings. The molecule has 1 heterocycles. The van der Waals surface area contributed by atoms with E-state index in [1.165, 1.54) is 18.4 Å². The monoisotopic (exact) mass is 426 g/mol. The van der Waals surface area contributed by atoms with Crippen LogP contribution in [-0.4, -0.2) is 24.4 Å². The van der Waals surface area contributed by atoms with Gasteiger partial charge in [-0.25, -0.2) is 4.79 Å². The molecule has 1 aromatic heterocycles. The first-order valence-electron chi connectivity index (χ1n) is 9.02. The molecule has 2 N–H and O–H groups in total. The SMILES string of the molecule is Cc1ccc(Cl)cc1NC(=O)COC(=O)c1ccc(C)c(NC(=O)c2ccco2)c1. The van der Waals surface area contributed by atoms with Crippen LogP contribution in [0.25, 0.3) is 0 Å². The molecule has 0 unspecified atom stereocenters. The highest BCUT2D eigenvalue weighted by atomic mass is 35.5. The molecule has 0 atom stereocenters. The lowest BCUT2D eigenvalue weighted by atomic mass is 10.1. The molecule has 0 aliphatic carbocycles. The van der Waals surface area contributed by atoms with Crippen molar-refractivity contribution in [1.29, 1.82) is 0 Å². The second-order valence-electron chi connectivity index (χ2n) is 6.54. The van der Waals surface area contributed by atoms with Gasteiger partial charge in [0.2, 0.25) is 0 Å². The maximum atomic E-state index is 12.3. The first-order valence-corrected chi connectivity index (χ1v) is 9.40. The maximum absolute atomic E-state index is 12.3. The van der Waals surface area contributed by atoms with E-state index in [2.05, 4.69) is 10.6 Å². The smallest absolute Gasteiger partial charge is 0.338 e. The third-order valence-corrected chi connectivity index (χ3v) is 4.51. The minimum Gasteiger partial charge on any atom is -0.459 e. The number of carbonyl (C=O) groups is 3. The first kappa shape index (κ1) is 21.1. The Kier molecular flexibility index (Phi) is 6.54. The van der Waals surface area contributed by atoms with Gasteiger partial charge in [-0.1, -0.05) is 23.7 Å². The molecule has 7 nitrogen and oxygen atoms in total. The summed E-state index contributed by atoms with van der Waals surface area (Å²) in [6, 6.07) is 12.9. The molecule has 30 heavy (non-hydrogen) atoms. The Morgan fingerprint density at radius 3 is 2.37 bits per heavy atom. The third-order valence-electron chi connectivity index (χ3n) is 4.27. The number of furan rings is 1. The molecule has 3 aromatic rings. The van der Waals surface area contributed by atoms with Gasteiger partial charge >= 0.3 is 5.97 Å². The molecule has 0 radical (unpaired) electrons. The number of amides is 2.